The first-order chi connectivity index (χ1) is 19.2. The molecule has 0 heterocycles. The van der Waals surface area contributed by atoms with Crippen LogP contribution in [0.1, 0.15) is 18.1 Å². The smallest absolute Gasteiger partial charge is 0.343 e. The minimum atomic E-state index is -0.953. The van der Waals surface area contributed by atoms with Crippen LogP contribution in [0.15, 0.2) is 76.3 Å². The fraction of sp³-hybridized carbons (Fsp3) is 0.214. The van der Waals surface area contributed by atoms with Crippen LogP contribution in [0.5, 0.6) is 11.5 Å². The van der Waals surface area contributed by atoms with Crippen molar-refractivity contribution in [2.45, 2.75) is 25.5 Å². The molecule has 12 heteroatoms. The lowest BCUT2D eigenvalue weighted by molar-refractivity contribution is -0.143. The van der Waals surface area contributed by atoms with E-state index in [2.05, 4.69) is 36.5 Å². The molecule has 0 aliphatic rings. The molecule has 3 aromatic rings. The highest BCUT2D eigenvalue weighted by Gasteiger charge is 2.25. The van der Waals surface area contributed by atoms with Crippen molar-refractivity contribution in [1.82, 2.24) is 10.7 Å². The molecule has 3 rings (SSSR count). The van der Waals surface area contributed by atoms with E-state index in [0.717, 1.165) is 5.56 Å². The van der Waals surface area contributed by atoms with Crippen molar-refractivity contribution < 1.29 is 28.6 Å². The highest BCUT2D eigenvalue weighted by Crippen LogP contribution is 2.28. The zero-order valence-electron chi connectivity index (χ0n) is 21.5. The van der Waals surface area contributed by atoms with E-state index in [-0.39, 0.29) is 23.8 Å². The van der Waals surface area contributed by atoms with E-state index in [9.17, 15) is 14.4 Å². The molecule has 0 bridgehead atoms. The molecule has 0 fully saturated rings. The predicted octanol–water partition coefficient (Wildman–Crippen LogP) is 4.95. The van der Waals surface area contributed by atoms with Gasteiger partial charge >= 0.3 is 5.97 Å². The normalized spacial score (nSPS) is 12.3. The number of hydrazone groups is 1. The maximum absolute atomic E-state index is 13.1. The van der Waals surface area contributed by atoms with E-state index in [1.165, 1.54) is 19.4 Å². The lowest BCUT2D eigenvalue weighted by Gasteiger charge is -2.21. The number of carbonyl (C=O) groups is 3. The Kier molecular flexibility index (Phi) is 11.8. The maximum Gasteiger partial charge on any atom is 0.343 e. The molecule has 2 atom stereocenters. The van der Waals surface area contributed by atoms with Crippen molar-refractivity contribution in [3.8, 4) is 11.5 Å². The molecule has 210 valence electrons. The molecule has 3 aromatic carbocycles. The first-order valence-corrected chi connectivity index (χ1v) is 13.5. The lowest BCUT2D eigenvalue weighted by atomic mass is 10.1. The number of hydrogen-bond acceptors (Lipinski definition) is 7. The number of carbonyl (C=O) groups excluding carboxylic acids is 3. The number of nitrogens with zero attached hydrogens (tertiary/aromatic N) is 1. The first-order valence-electron chi connectivity index (χ1n) is 11.9. The number of halogens is 3. The van der Waals surface area contributed by atoms with E-state index in [1.807, 2.05) is 30.3 Å². The number of ether oxygens (including phenoxy) is 3. The van der Waals surface area contributed by atoms with Crippen LogP contribution in [0, 0.1) is 0 Å². The van der Waals surface area contributed by atoms with Crippen LogP contribution in [0.3, 0.4) is 0 Å². The van der Waals surface area contributed by atoms with Crippen LogP contribution < -0.4 is 20.2 Å². The topological polar surface area (TPSA) is 115 Å². The average Bonchev–Trinajstić information content (AvgIpc) is 2.93. The molecule has 2 amide bonds. The Morgan fingerprint density at radius 2 is 1.73 bits per heavy atom. The van der Waals surface area contributed by atoms with Gasteiger partial charge in [0.2, 0.25) is 0 Å². The third-order valence-corrected chi connectivity index (χ3v) is 6.55. The monoisotopic (exact) mass is 649 g/mol. The summed E-state index contributed by atoms with van der Waals surface area (Å²) in [6.07, 6.45) is 0.702. The van der Waals surface area contributed by atoms with Crippen LogP contribution in [0.25, 0.3) is 0 Å². The molecule has 0 aliphatic heterocycles. The van der Waals surface area contributed by atoms with Crippen molar-refractivity contribution in [2.24, 2.45) is 5.10 Å². The molecule has 2 N–H and O–H groups in total. The van der Waals surface area contributed by atoms with E-state index in [1.54, 1.807) is 37.3 Å². The standard InChI is InChI=1S/C28H26BrCl2N3O6/c1-17(40-25-11-9-20(30)14-22(25)31)27(36)33-23(13-18-6-4-3-5-7-18)28(37)34-32-15-19-8-10-24(21(29)12-19)39-16-26(35)38-2/h3-12,14-15,17,23H,13,16H2,1-2H3,(H,33,36)(H,34,37)/b32-15-/t17-,23-/m1/s1. The largest absolute Gasteiger partial charge is 0.481 e. The molecule has 0 spiro atoms. The molecule has 0 aliphatic carbocycles. The zero-order valence-corrected chi connectivity index (χ0v) is 24.6. The highest BCUT2D eigenvalue weighted by atomic mass is 79.9. The average molecular weight is 651 g/mol. The summed E-state index contributed by atoms with van der Waals surface area (Å²) in [6, 6.07) is 18.0. The Bertz CT molecular complexity index is 1370. The maximum atomic E-state index is 13.1. The molecule has 0 radical (unpaired) electrons. The summed E-state index contributed by atoms with van der Waals surface area (Å²) in [7, 11) is 1.27. The number of nitrogens with one attached hydrogen (secondary N) is 2. The summed E-state index contributed by atoms with van der Waals surface area (Å²) in [4.78, 5) is 37.3. The van der Waals surface area contributed by atoms with Gasteiger partial charge in [0.25, 0.3) is 11.8 Å². The SMILES string of the molecule is COC(=O)COc1ccc(/C=N\NC(=O)[C@@H](Cc2ccccc2)NC(=O)[C@@H](C)Oc2ccc(Cl)cc2Cl)cc1Br. The number of esters is 1. The first kappa shape index (κ1) is 30.9. The van der Waals surface area contributed by atoms with Gasteiger partial charge in [-0.3, -0.25) is 9.59 Å². The van der Waals surface area contributed by atoms with Crippen molar-refractivity contribution in [2.75, 3.05) is 13.7 Å². The lowest BCUT2D eigenvalue weighted by Crippen LogP contribution is -2.50. The highest BCUT2D eigenvalue weighted by molar-refractivity contribution is 9.10. The Morgan fingerprint density at radius 3 is 2.40 bits per heavy atom. The third-order valence-electron chi connectivity index (χ3n) is 5.40. The number of benzene rings is 3. The Morgan fingerprint density at radius 1 is 1.00 bits per heavy atom. The van der Waals surface area contributed by atoms with Crippen LogP contribution in [0.2, 0.25) is 10.0 Å². The Balaban J connectivity index is 1.66. The van der Waals surface area contributed by atoms with E-state index in [4.69, 9.17) is 32.7 Å². The molecular formula is C28H26BrCl2N3O6. The van der Waals surface area contributed by atoms with Gasteiger partial charge in [0.1, 0.15) is 17.5 Å². The molecule has 0 saturated heterocycles. The molecule has 0 unspecified atom stereocenters. The predicted molar refractivity (Wildman–Crippen MR) is 156 cm³/mol. The van der Waals surface area contributed by atoms with Crippen LogP contribution in [-0.4, -0.2) is 49.9 Å². The van der Waals surface area contributed by atoms with Crippen molar-refractivity contribution in [1.29, 1.82) is 0 Å². The van der Waals surface area contributed by atoms with Crippen LogP contribution >= 0.6 is 39.1 Å². The van der Waals surface area contributed by atoms with Crippen molar-refractivity contribution in [3.05, 3.63) is 92.4 Å². The van der Waals surface area contributed by atoms with Gasteiger partial charge in [0, 0.05) is 11.4 Å². The second kappa shape index (κ2) is 15.3. The van der Waals surface area contributed by atoms with Crippen molar-refractivity contribution in [3.63, 3.8) is 0 Å². The molecule has 0 saturated carbocycles. The number of rotatable bonds is 12. The molecule has 40 heavy (non-hydrogen) atoms. The summed E-state index contributed by atoms with van der Waals surface area (Å²) in [5.41, 5.74) is 3.96. The number of hydrogen-bond donors (Lipinski definition) is 2. The van der Waals surface area contributed by atoms with Crippen LogP contribution in [-0.2, 0) is 25.5 Å². The Hall–Kier alpha value is -3.60. The van der Waals surface area contributed by atoms with Crippen molar-refractivity contribution >= 4 is 63.1 Å². The minimum absolute atomic E-state index is 0.222. The summed E-state index contributed by atoms with van der Waals surface area (Å²) >= 11 is 15.4. The van der Waals surface area contributed by atoms with Gasteiger partial charge in [0.05, 0.1) is 22.8 Å². The fourth-order valence-electron chi connectivity index (χ4n) is 3.32. The van der Waals surface area contributed by atoms with Gasteiger partial charge in [-0.1, -0.05) is 53.5 Å². The molecule has 0 aromatic heterocycles. The van der Waals surface area contributed by atoms with Gasteiger partial charge in [-0.15, -0.1) is 0 Å². The second-order valence-corrected chi connectivity index (χ2v) is 10.1. The number of methoxy groups -OCH3 is 1. The van der Waals surface area contributed by atoms with Gasteiger partial charge in [0.15, 0.2) is 12.7 Å². The van der Waals surface area contributed by atoms with Gasteiger partial charge < -0.3 is 19.5 Å². The van der Waals surface area contributed by atoms with Gasteiger partial charge in [-0.2, -0.15) is 5.10 Å². The van der Waals surface area contributed by atoms with E-state index in [0.29, 0.717) is 20.8 Å². The molecule has 9 nitrogen and oxygen atoms in total. The summed E-state index contributed by atoms with van der Waals surface area (Å²) < 4.78 is 16.2. The van der Waals surface area contributed by atoms with E-state index >= 15 is 0 Å². The van der Waals surface area contributed by atoms with Gasteiger partial charge in [-0.25, -0.2) is 10.2 Å². The van der Waals surface area contributed by atoms with Gasteiger partial charge in [-0.05, 0) is 70.4 Å². The minimum Gasteiger partial charge on any atom is -0.481 e. The Labute approximate surface area is 249 Å². The summed E-state index contributed by atoms with van der Waals surface area (Å²) in [5.74, 6) is -0.823. The third kappa shape index (κ3) is 9.55. The van der Waals surface area contributed by atoms with E-state index < -0.39 is 29.9 Å². The quantitative estimate of drug-likeness (QED) is 0.163. The summed E-state index contributed by atoms with van der Waals surface area (Å²) in [5, 5.41) is 7.45. The zero-order chi connectivity index (χ0) is 29.1. The molecular weight excluding hydrogens is 625 g/mol. The second-order valence-electron chi connectivity index (χ2n) is 8.37. The fourth-order valence-corrected chi connectivity index (χ4v) is 4.29. The van der Waals surface area contributed by atoms with Crippen LogP contribution in [0.4, 0.5) is 0 Å². The number of amides is 2. The summed E-state index contributed by atoms with van der Waals surface area (Å²) in [6.45, 7) is 1.32.